The average Bonchev–Trinajstić information content (AvgIpc) is 3.09. The lowest BCUT2D eigenvalue weighted by atomic mass is 10.1. The molecule has 1 aromatic carbocycles. The first kappa shape index (κ1) is 16.3. The Balaban J connectivity index is 1.59. The Kier molecular flexibility index (Phi) is 5.18. The number of hydrogen-bond donors (Lipinski definition) is 1. The van der Waals surface area contributed by atoms with Crippen molar-refractivity contribution in [1.82, 2.24) is 9.80 Å². The summed E-state index contributed by atoms with van der Waals surface area (Å²) in [4.78, 5) is 17.1. The molecule has 2 saturated heterocycles. The molecule has 2 aliphatic heterocycles. The molecule has 3 rings (SSSR count). The number of benzene rings is 1. The molecule has 0 radical (unpaired) electrons. The third-order valence-corrected chi connectivity index (χ3v) is 5.09. The van der Waals surface area contributed by atoms with Gasteiger partial charge in [0.1, 0.15) is 12.4 Å². The summed E-state index contributed by atoms with van der Waals surface area (Å²) in [6, 6.07) is 10.0. The van der Waals surface area contributed by atoms with Crippen LogP contribution in [0.2, 0.25) is 0 Å². The van der Waals surface area contributed by atoms with Gasteiger partial charge in [-0.25, -0.2) is 0 Å². The summed E-state index contributed by atoms with van der Waals surface area (Å²) in [6.07, 6.45) is 5.22. The lowest BCUT2D eigenvalue weighted by Crippen LogP contribution is -2.40. The van der Waals surface area contributed by atoms with E-state index in [1.807, 2.05) is 30.3 Å². The van der Waals surface area contributed by atoms with E-state index in [0.717, 1.165) is 37.9 Å². The Morgan fingerprint density at radius 3 is 2.74 bits per heavy atom. The van der Waals surface area contributed by atoms with Gasteiger partial charge in [0.15, 0.2) is 0 Å². The smallest absolute Gasteiger partial charge is 0.241 e. The maximum Gasteiger partial charge on any atom is 0.241 e. The SMILES string of the molecule is CN1C2CC[C@H](COc3ccccc3)N2C(=O)[C@@H]1CCCCN. The van der Waals surface area contributed by atoms with Crippen LogP contribution in [0, 0.1) is 0 Å². The molecule has 1 aromatic rings. The largest absolute Gasteiger partial charge is 0.491 e. The number of nitrogens with zero attached hydrogens (tertiary/aromatic N) is 2. The molecule has 0 aliphatic carbocycles. The fourth-order valence-corrected chi connectivity index (χ4v) is 3.83. The van der Waals surface area contributed by atoms with E-state index in [1.54, 1.807) is 0 Å². The summed E-state index contributed by atoms with van der Waals surface area (Å²) < 4.78 is 5.89. The lowest BCUT2D eigenvalue weighted by Gasteiger charge is -2.25. The number of nitrogens with two attached hydrogens (primary N) is 1. The lowest BCUT2D eigenvalue weighted by molar-refractivity contribution is -0.131. The Labute approximate surface area is 138 Å². The maximum absolute atomic E-state index is 12.8. The monoisotopic (exact) mass is 317 g/mol. The number of amides is 1. The number of carbonyl (C=O) groups is 1. The molecule has 1 amide bonds. The first-order chi connectivity index (χ1) is 11.2. The van der Waals surface area contributed by atoms with Crippen LogP contribution in [0.25, 0.3) is 0 Å². The Hall–Kier alpha value is -1.59. The first-order valence-corrected chi connectivity index (χ1v) is 8.64. The summed E-state index contributed by atoms with van der Waals surface area (Å²) in [5.41, 5.74) is 5.57. The van der Waals surface area contributed by atoms with Crippen LogP contribution in [0.1, 0.15) is 32.1 Å². The molecule has 0 bridgehead atoms. The van der Waals surface area contributed by atoms with Crippen LogP contribution in [0.5, 0.6) is 5.75 Å². The molecular weight excluding hydrogens is 290 g/mol. The van der Waals surface area contributed by atoms with Gasteiger partial charge in [0.2, 0.25) is 5.91 Å². The van der Waals surface area contributed by atoms with Crippen LogP contribution >= 0.6 is 0 Å². The summed E-state index contributed by atoms with van der Waals surface area (Å²) in [5.74, 6) is 1.14. The van der Waals surface area contributed by atoms with E-state index in [4.69, 9.17) is 10.5 Å². The molecule has 0 saturated carbocycles. The summed E-state index contributed by atoms with van der Waals surface area (Å²) in [7, 11) is 2.08. The number of para-hydroxylation sites is 1. The van der Waals surface area contributed by atoms with Gasteiger partial charge in [0, 0.05) is 0 Å². The number of likely N-dealkylation sites (N-methyl/N-ethyl adjacent to an activating group) is 1. The minimum atomic E-state index is 0.0195. The van der Waals surface area contributed by atoms with Gasteiger partial charge in [0.25, 0.3) is 0 Å². The molecule has 5 nitrogen and oxygen atoms in total. The molecule has 0 spiro atoms. The van der Waals surface area contributed by atoms with Gasteiger partial charge in [-0.05, 0) is 51.4 Å². The topological polar surface area (TPSA) is 58.8 Å². The van der Waals surface area contributed by atoms with Gasteiger partial charge in [-0.1, -0.05) is 24.6 Å². The number of ether oxygens (including phenoxy) is 1. The van der Waals surface area contributed by atoms with E-state index in [2.05, 4.69) is 16.8 Å². The summed E-state index contributed by atoms with van der Waals surface area (Å²) in [5, 5.41) is 0. The molecule has 126 valence electrons. The molecule has 2 N–H and O–H groups in total. The van der Waals surface area contributed by atoms with Crippen molar-refractivity contribution in [3.8, 4) is 5.75 Å². The second-order valence-corrected chi connectivity index (χ2v) is 6.55. The average molecular weight is 317 g/mol. The van der Waals surface area contributed by atoms with Gasteiger partial charge in [-0.2, -0.15) is 0 Å². The predicted molar refractivity (Wildman–Crippen MR) is 90.0 cm³/mol. The number of carbonyl (C=O) groups excluding carboxylic acids is 1. The van der Waals surface area contributed by atoms with E-state index in [1.165, 1.54) is 0 Å². The third-order valence-electron chi connectivity index (χ3n) is 5.09. The highest BCUT2D eigenvalue weighted by molar-refractivity contribution is 5.85. The van der Waals surface area contributed by atoms with E-state index < -0.39 is 0 Å². The summed E-state index contributed by atoms with van der Waals surface area (Å²) >= 11 is 0. The van der Waals surface area contributed by atoms with Gasteiger partial charge >= 0.3 is 0 Å². The van der Waals surface area contributed by atoms with Crippen LogP contribution < -0.4 is 10.5 Å². The van der Waals surface area contributed by atoms with E-state index in [9.17, 15) is 4.79 Å². The number of fused-ring (bicyclic) bond motifs is 1. The van der Waals surface area contributed by atoms with Gasteiger partial charge in [-0.3, -0.25) is 9.69 Å². The van der Waals surface area contributed by atoms with Gasteiger partial charge in [-0.15, -0.1) is 0 Å². The molecule has 2 heterocycles. The molecule has 3 atom stereocenters. The highest BCUT2D eigenvalue weighted by atomic mass is 16.5. The molecule has 2 fully saturated rings. The van der Waals surface area contributed by atoms with Crippen molar-refractivity contribution in [3.63, 3.8) is 0 Å². The van der Waals surface area contributed by atoms with Crippen LogP contribution in [-0.2, 0) is 4.79 Å². The fourth-order valence-electron chi connectivity index (χ4n) is 3.83. The quantitative estimate of drug-likeness (QED) is 0.780. The zero-order chi connectivity index (χ0) is 16.2. The Bertz CT molecular complexity index is 522. The predicted octanol–water partition coefficient (Wildman–Crippen LogP) is 1.83. The third kappa shape index (κ3) is 3.35. The van der Waals surface area contributed by atoms with E-state index >= 15 is 0 Å². The highest BCUT2D eigenvalue weighted by Gasteiger charge is 2.49. The molecule has 0 aromatic heterocycles. The van der Waals surface area contributed by atoms with Crippen molar-refractivity contribution in [1.29, 1.82) is 0 Å². The zero-order valence-electron chi connectivity index (χ0n) is 13.9. The molecule has 23 heavy (non-hydrogen) atoms. The molecule has 5 heteroatoms. The van der Waals surface area contributed by atoms with Crippen molar-refractivity contribution < 1.29 is 9.53 Å². The molecular formula is C18H27N3O2. The first-order valence-electron chi connectivity index (χ1n) is 8.64. The van der Waals surface area contributed by atoms with E-state index in [-0.39, 0.29) is 24.2 Å². The fraction of sp³-hybridized carbons (Fsp3) is 0.611. The Morgan fingerprint density at radius 2 is 2.00 bits per heavy atom. The number of unbranched alkanes of at least 4 members (excludes halogenated alkanes) is 1. The van der Waals surface area contributed by atoms with Crippen LogP contribution in [-0.4, -0.2) is 54.2 Å². The maximum atomic E-state index is 12.8. The highest BCUT2D eigenvalue weighted by Crippen LogP contribution is 2.35. The second-order valence-electron chi connectivity index (χ2n) is 6.55. The second kappa shape index (κ2) is 7.32. The molecule has 1 unspecified atom stereocenters. The Morgan fingerprint density at radius 1 is 1.22 bits per heavy atom. The van der Waals surface area contributed by atoms with Crippen molar-refractivity contribution in [3.05, 3.63) is 30.3 Å². The van der Waals surface area contributed by atoms with Gasteiger partial charge < -0.3 is 15.4 Å². The zero-order valence-corrected chi connectivity index (χ0v) is 13.9. The van der Waals surface area contributed by atoms with Crippen LogP contribution in [0.15, 0.2) is 30.3 Å². The van der Waals surface area contributed by atoms with Crippen molar-refractivity contribution in [2.45, 2.75) is 50.4 Å². The van der Waals surface area contributed by atoms with Gasteiger partial charge in [0.05, 0.1) is 18.2 Å². The van der Waals surface area contributed by atoms with Crippen LogP contribution in [0.3, 0.4) is 0 Å². The van der Waals surface area contributed by atoms with Crippen molar-refractivity contribution >= 4 is 5.91 Å². The molecule has 2 aliphatic rings. The minimum absolute atomic E-state index is 0.0195. The van der Waals surface area contributed by atoms with E-state index in [0.29, 0.717) is 13.2 Å². The number of rotatable bonds is 7. The standard InChI is InChI=1S/C18H27N3O2/c1-20-16(9-5-6-12-19)18(22)21-14(10-11-17(20)21)13-23-15-7-3-2-4-8-15/h2-4,7-8,14,16-17H,5-6,9-13,19H2,1H3/t14-,16+,17?/m1/s1. The summed E-state index contributed by atoms with van der Waals surface area (Å²) in [6.45, 7) is 1.28. The van der Waals surface area contributed by atoms with Crippen LogP contribution in [0.4, 0.5) is 0 Å². The number of hydrogen-bond acceptors (Lipinski definition) is 4. The minimum Gasteiger partial charge on any atom is -0.491 e. The van der Waals surface area contributed by atoms with Crippen molar-refractivity contribution in [2.75, 3.05) is 20.2 Å². The normalized spacial score (nSPS) is 27.5. The van der Waals surface area contributed by atoms with Crippen molar-refractivity contribution in [2.24, 2.45) is 5.73 Å².